The third kappa shape index (κ3) is 6.27. The second kappa shape index (κ2) is 10.3. The molecule has 1 aliphatic carbocycles. The average molecular weight is 409 g/mol. The average Bonchev–Trinajstić information content (AvgIpc) is 2.75. The number of carbonyl (C=O) groups is 2. The van der Waals surface area contributed by atoms with Gasteiger partial charge >= 0.3 is 0 Å². The number of hydrogen-bond acceptors (Lipinski definition) is 4. The van der Waals surface area contributed by atoms with E-state index in [2.05, 4.69) is 15.6 Å². The Morgan fingerprint density at radius 3 is 2.70 bits per heavy atom. The summed E-state index contributed by atoms with van der Waals surface area (Å²) >= 11 is 0. The van der Waals surface area contributed by atoms with E-state index in [0.29, 0.717) is 31.0 Å². The van der Waals surface area contributed by atoms with E-state index in [-0.39, 0.29) is 11.8 Å². The van der Waals surface area contributed by atoms with Crippen molar-refractivity contribution in [3.63, 3.8) is 0 Å². The van der Waals surface area contributed by atoms with Crippen LogP contribution in [0.4, 0.5) is 4.39 Å². The highest BCUT2D eigenvalue weighted by molar-refractivity contribution is 5.87. The number of ether oxygens (including phenoxy) is 1. The first kappa shape index (κ1) is 21.2. The molecular formula is C23H24FN3O3. The molecule has 0 saturated carbocycles. The van der Waals surface area contributed by atoms with E-state index in [0.717, 1.165) is 11.1 Å². The lowest BCUT2D eigenvalue weighted by Gasteiger charge is -2.17. The van der Waals surface area contributed by atoms with Gasteiger partial charge in [0.1, 0.15) is 18.5 Å². The van der Waals surface area contributed by atoms with Crippen LogP contribution in [0.3, 0.4) is 0 Å². The fraction of sp³-hybridized carbons (Fsp3) is 0.261. The molecule has 1 aromatic heterocycles. The second-order valence-corrected chi connectivity index (χ2v) is 6.93. The fourth-order valence-electron chi connectivity index (χ4n) is 2.99. The van der Waals surface area contributed by atoms with Crippen molar-refractivity contribution in [2.75, 3.05) is 6.61 Å². The molecule has 2 aromatic rings. The molecule has 2 unspecified atom stereocenters. The van der Waals surface area contributed by atoms with Crippen molar-refractivity contribution in [3.8, 4) is 5.75 Å². The summed E-state index contributed by atoms with van der Waals surface area (Å²) in [6, 6.07) is 11.6. The van der Waals surface area contributed by atoms with Crippen molar-refractivity contribution in [2.24, 2.45) is 0 Å². The quantitative estimate of drug-likeness (QED) is 0.702. The monoisotopic (exact) mass is 409 g/mol. The maximum Gasteiger partial charge on any atom is 0.249 e. The molecule has 2 amide bonds. The SMILES string of the molecule is CC(=O)NC(C(=O)NCc1ccc(OCC2=CC(F)CC=C2)cc1)c1ccccn1. The molecule has 6 nitrogen and oxygen atoms in total. The van der Waals surface area contributed by atoms with E-state index in [1.165, 1.54) is 6.92 Å². The molecule has 1 heterocycles. The van der Waals surface area contributed by atoms with Crippen molar-refractivity contribution < 1.29 is 18.7 Å². The smallest absolute Gasteiger partial charge is 0.249 e. The summed E-state index contributed by atoms with van der Waals surface area (Å²) in [4.78, 5) is 28.2. The largest absolute Gasteiger partial charge is 0.489 e. The Morgan fingerprint density at radius 1 is 1.23 bits per heavy atom. The van der Waals surface area contributed by atoms with Crippen LogP contribution < -0.4 is 15.4 Å². The van der Waals surface area contributed by atoms with Crippen LogP contribution in [0, 0.1) is 0 Å². The number of carbonyl (C=O) groups excluding carboxylic acids is 2. The van der Waals surface area contributed by atoms with Crippen molar-refractivity contribution in [3.05, 3.63) is 83.7 Å². The number of allylic oxidation sites excluding steroid dienone is 2. The molecule has 30 heavy (non-hydrogen) atoms. The minimum atomic E-state index is -0.952. The Morgan fingerprint density at radius 2 is 2.03 bits per heavy atom. The number of nitrogens with zero attached hydrogens (tertiary/aromatic N) is 1. The molecule has 1 aliphatic rings. The third-order valence-electron chi connectivity index (χ3n) is 4.48. The van der Waals surface area contributed by atoms with Gasteiger partial charge in [-0.25, -0.2) is 4.39 Å². The van der Waals surface area contributed by atoms with E-state index in [1.54, 1.807) is 48.7 Å². The van der Waals surface area contributed by atoms with Crippen LogP contribution in [-0.2, 0) is 16.1 Å². The molecular weight excluding hydrogens is 385 g/mol. The van der Waals surface area contributed by atoms with E-state index < -0.39 is 12.2 Å². The second-order valence-electron chi connectivity index (χ2n) is 6.93. The zero-order chi connectivity index (χ0) is 21.3. The molecule has 1 aromatic carbocycles. The third-order valence-corrected chi connectivity index (χ3v) is 4.48. The Labute approximate surface area is 174 Å². The summed E-state index contributed by atoms with van der Waals surface area (Å²) in [5.41, 5.74) is 2.15. The maximum atomic E-state index is 13.4. The summed E-state index contributed by atoms with van der Waals surface area (Å²) < 4.78 is 19.0. The summed E-state index contributed by atoms with van der Waals surface area (Å²) in [7, 11) is 0. The molecule has 0 saturated heterocycles. The highest BCUT2D eigenvalue weighted by atomic mass is 19.1. The fourth-order valence-corrected chi connectivity index (χ4v) is 2.99. The summed E-state index contributed by atoms with van der Waals surface area (Å²) in [5, 5.41) is 5.44. The maximum absolute atomic E-state index is 13.4. The van der Waals surface area contributed by atoms with Crippen LogP contribution in [0.1, 0.15) is 30.6 Å². The van der Waals surface area contributed by atoms with E-state index in [1.807, 2.05) is 18.2 Å². The number of pyridine rings is 1. The molecule has 156 valence electrons. The first-order chi connectivity index (χ1) is 14.5. The first-order valence-electron chi connectivity index (χ1n) is 9.70. The van der Waals surface area contributed by atoms with Crippen LogP contribution in [0.2, 0.25) is 0 Å². The van der Waals surface area contributed by atoms with Gasteiger partial charge in [0.25, 0.3) is 0 Å². The topological polar surface area (TPSA) is 80.3 Å². The van der Waals surface area contributed by atoms with Gasteiger partial charge in [-0.2, -0.15) is 0 Å². The number of rotatable bonds is 8. The Balaban J connectivity index is 1.54. The number of nitrogens with one attached hydrogen (secondary N) is 2. The van der Waals surface area contributed by atoms with E-state index >= 15 is 0 Å². The van der Waals surface area contributed by atoms with Gasteiger partial charge in [-0.1, -0.05) is 30.4 Å². The van der Waals surface area contributed by atoms with Gasteiger partial charge < -0.3 is 15.4 Å². The molecule has 0 fully saturated rings. The molecule has 0 radical (unpaired) electrons. The van der Waals surface area contributed by atoms with Crippen LogP contribution in [0.25, 0.3) is 0 Å². The molecule has 0 bridgehead atoms. The molecule has 3 rings (SSSR count). The van der Waals surface area contributed by atoms with Crippen LogP contribution in [0.5, 0.6) is 5.75 Å². The minimum absolute atomic E-state index is 0.291. The number of benzene rings is 1. The van der Waals surface area contributed by atoms with Crippen molar-refractivity contribution in [2.45, 2.75) is 32.1 Å². The van der Waals surface area contributed by atoms with E-state index in [4.69, 9.17) is 4.74 Å². The van der Waals surface area contributed by atoms with Gasteiger partial charge in [0.05, 0.1) is 5.69 Å². The number of amides is 2. The minimum Gasteiger partial charge on any atom is -0.489 e. The standard InChI is InChI=1S/C23H24FN3O3/c1-16(28)27-22(21-7-2-3-12-25-21)23(29)26-14-17-8-10-20(11-9-17)30-15-18-5-4-6-19(24)13-18/h2-5,7-13,19,22H,6,14-15H2,1H3,(H,26,29)(H,27,28). The van der Waals surface area contributed by atoms with Gasteiger partial charge in [-0.15, -0.1) is 0 Å². The van der Waals surface area contributed by atoms with Crippen molar-refractivity contribution >= 4 is 11.8 Å². The van der Waals surface area contributed by atoms with Crippen molar-refractivity contribution in [1.82, 2.24) is 15.6 Å². The first-order valence-corrected chi connectivity index (χ1v) is 9.70. The van der Waals surface area contributed by atoms with Gasteiger partial charge in [0, 0.05) is 26.1 Å². The number of aromatic nitrogens is 1. The lowest BCUT2D eigenvalue weighted by atomic mass is 10.1. The number of alkyl halides is 1. The van der Waals surface area contributed by atoms with Crippen LogP contribution in [-0.4, -0.2) is 29.6 Å². The normalized spacial score (nSPS) is 16.3. The molecule has 2 atom stereocenters. The van der Waals surface area contributed by atoms with Crippen LogP contribution in [0.15, 0.2) is 72.5 Å². The summed E-state index contributed by atoms with van der Waals surface area (Å²) in [6.07, 6.45) is 6.26. The Hall–Kier alpha value is -3.48. The Bertz CT molecular complexity index is 926. The molecule has 0 spiro atoms. The van der Waals surface area contributed by atoms with Gasteiger partial charge in [0.2, 0.25) is 11.8 Å². The lowest BCUT2D eigenvalue weighted by molar-refractivity contribution is -0.128. The van der Waals surface area contributed by atoms with Crippen LogP contribution >= 0.6 is 0 Å². The Kier molecular flexibility index (Phi) is 7.32. The lowest BCUT2D eigenvalue weighted by Crippen LogP contribution is -2.39. The zero-order valence-corrected chi connectivity index (χ0v) is 16.7. The van der Waals surface area contributed by atoms with Gasteiger partial charge in [0.15, 0.2) is 6.04 Å². The summed E-state index contributed by atoms with van der Waals surface area (Å²) in [5.74, 6) is -0.00435. The highest BCUT2D eigenvalue weighted by Crippen LogP contribution is 2.17. The summed E-state index contributed by atoms with van der Waals surface area (Å²) in [6.45, 7) is 1.95. The van der Waals surface area contributed by atoms with Gasteiger partial charge in [-0.3, -0.25) is 14.6 Å². The highest BCUT2D eigenvalue weighted by Gasteiger charge is 2.22. The van der Waals surface area contributed by atoms with Gasteiger partial charge in [-0.05, 0) is 41.5 Å². The molecule has 7 heteroatoms. The predicted octanol–water partition coefficient (Wildman–Crippen LogP) is 3.18. The number of halogens is 1. The van der Waals surface area contributed by atoms with E-state index in [9.17, 15) is 14.0 Å². The zero-order valence-electron chi connectivity index (χ0n) is 16.7. The predicted molar refractivity (Wildman–Crippen MR) is 111 cm³/mol. The number of hydrogen-bond donors (Lipinski definition) is 2. The molecule has 2 N–H and O–H groups in total. The molecule has 0 aliphatic heterocycles. The van der Waals surface area contributed by atoms with Crippen molar-refractivity contribution in [1.29, 1.82) is 0 Å².